The Hall–Kier alpha value is -7.84. The molecule has 0 aromatic heterocycles. The van der Waals surface area contributed by atoms with Gasteiger partial charge in [-0.15, -0.1) is 10.1 Å². The van der Waals surface area contributed by atoms with Crippen molar-refractivity contribution in [2.75, 3.05) is 219 Å². The number of benzene rings is 6. The van der Waals surface area contributed by atoms with E-state index in [1.807, 2.05) is 57.5 Å². The second kappa shape index (κ2) is 58.3. The van der Waals surface area contributed by atoms with Gasteiger partial charge in [0, 0.05) is 152 Å². The third-order valence-corrected chi connectivity index (χ3v) is 26.9. The van der Waals surface area contributed by atoms with Crippen LogP contribution in [-0.4, -0.2) is 316 Å². The van der Waals surface area contributed by atoms with Gasteiger partial charge in [0.25, 0.3) is 23.6 Å². The first-order chi connectivity index (χ1) is 65.1. The molecule has 3 unspecified atom stereocenters. The van der Waals surface area contributed by atoms with E-state index in [0.717, 1.165) is 63.2 Å². The number of hydrogen-bond donors (Lipinski definition) is 5. The Morgan fingerprint density at radius 3 is 1.04 bits per heavy atom. The Bertz CT molecular complexity index is 5070. The number of nitrogens with one attached hydrogen (secondary N) is 4. The molecule has 5 aliphatic heterocycles. The van der Waals surface area contributed by atoms with E-state index in [1.165, 1.54) is 0 Å². The lowest BCUT2D eigenvalue weighted by Crippen LogP contribution is -2.35. The standard InChI is InChI=1S/C50H64Cl4N6O13S2.C25H34Cl2N2O5S.C12H12N2O9.CH3F/c1-59-31-43(41-27-37(51)29-47(53)45(41)33-59)35-5-3-7-39(25-35)74(63,64)57-11-15-69-19-23-71-21-17-67-13-9-55-49(61)73-50(62)56-10-14-68-18-22-72-24-20-70-16-12-58-75(65,66)40-8-4-6-36(26-40)44-32-60(2)34-46-42(44)28-38(52)30-48(46)54;1-29-17-23(22-15-20(26)16-25(27)24(22)18-29)19-4-2-5-21(14-19)35(30,31)13-3-7-32-9-11-34-12-10-33-8-6-28;15-7-1-2-8(16)13(7)22-11(19)5-21-6-12(20)23-14-9(17)3-4-10(14)18;1-2/h3-8,25-30,43-44,57-58H,9-24,31-34H2,1-2H3,(H,55,61)(H,56,62);2,4-5,14-16,23H,3,6-13,17-18,28H2,1H3;1-6H2;1H3/i;;;1D. The van der Waals surface area contributed by atoms with Gasteiger partial charge < -0.3 is 92.8 Å². The Kier molecular flexibility index (Phi) is 47.8. The van der Waals surface area contributed by atoms with Crippen LogP contribution in [0.25, 0.3) is 0 Å². The first kappa shape index (κ1) is 111. The fourth-order valence-electron chi connectivity index (χ4n) is 14.4. The lowest BCUT2D eigenvalue weighted by atomic mass is 9.85. The van der Waals surface area contributed by atoms with Crippen molar-refractivity contribution in [3.05, 3.63) is 189 Å². The number of imide groups is 2. The average molecular weight is 2070 g/mol. The number of carbonyl (C=O) groups is 8. The van der Waals surface area contributed by atoms with E-state index in [-0.39, 0.29) is 164 Å². The molecule has 3 atom stereocenters. The highest BCUT2D eigenvalue weighted by Gasteiger charge is 2.37. The van der Waals surface area contributed by atoms with E-state index in [2.05, 4.69) is 53.9 Å². The number of amides is 6. The van der Waals surface area contributed by atoms with Gasteiger partial charge in [-0.3, -0.25) is 23.6 Å². The molecule has 135 heavy (non-hydrogen) atoms. The monoisotopic (exact) mass is 2070 g/mol. The number of rotatable bonds is 50. The third-order valence-electron chi connectivity index (χ3n) is 20.6. The molecule has 37 nitrogen and oxygen atoms in total. The molecule has 2 saturated heterocycles. The number of nitrogens with zero attached hydrogens (tertiary/aromatic N) is 5. The summed E-state index contributed by atoms with van der Waals surface area (Å²) < 4.78 is 157. The van der Waals surface area contributed by atoms with Gasteiger partial charge in [0.2, 0.25) is 20.0 Å². The molecule has 5 aliphatic rings. The summed E-state index contributed by atoms with van der Waals surface area (Å²) in [6.45, 7) is 8.85. The number of alkyl carbamates (subject to hydrolysis) is 2. The number of likely N-dealkylation sites (N-methyl/N-ethyl adjacent to an activating group) is 3. The van der Waals surface area contributed by atoms with Crippen LogP contribution in [0.2, 0.25) is 30.1 Å². The van der Waals surface area contributed by atoms with Gasteiger partial charge in [-0.1, -0.05) is 106 Å². The summed E-state index contributed by atoms with van der Waals surface area (Å²) in [5, 5.41) is 8.96. The second-order valence-electron chi connectivity index (χ2n) is 30.7. The number of carbonyl (C=O) groups excluding carboxylic acids is 8. The van der Waals surface area contributed by atoms with Crippen molar-refractivity contribution in [3.63, 3.8) is 0 Å². The zero-order chi connectivity index (χ0) is 98.7. The number of hydroxylamine groups is 4. The predicted octanol–water partition coefficient (Wildman–Crippen LogP) is 8.79. The summed E-state index contributed by atoms with van der Waals surface area (Å²) in [5.74, 6) is -4.90. The fraction of sp³-hybridized carbons (Fsp3) is 0.500. The summed E-state index contributed by atoms with van der Waals surface area (Å²) in [7, 11) is -6.02. The SMILES string of the molecule is CN1Cc2c(Cl)cc(Cl)cc2C(c2cccc(S(=O)(=O)CCCOCCOCCOCCN)c2)C1.CN1Cc2c(Cl)cc(Cl)cc2C(c2cccc(S(=O)(=O)NCCOCCOCCOCCNC(=O)OC(=O)NCCOCCOCCOCCNS(=O)(=O)c3cccc(C4CN(C)Cc5c(Cl)cc(Cl)cc54)c3)c2)C1.O=C(COCC(=O)ON1C(=O)CCC1=O)ON1C(=O)CCC1=O.[2H]CF. The molecule has 6 aromatic rings. The van der Waals surface area contributed by atoms with E-state index in [9.17, 15) is 68.0 Å². The van der Waals surface area contributed by atoms with Crippen LogP contribution in [0.15, 0.2) is 124 Å². The lowest BCUT2D eigenvalue weighted by molar-refractivity contribution is -0.205. The summed E-state index contributed by atoms with van der Waals surface area (Å²) >= 11 is 38.4. The number of alkyl halides is 1. The molecule has 0 radical (unpaired) electrons. The lowest BCUT2D eigenvalue weighted by Gasteiger charge is -2.33. The Morgan fingerprint density at radius 2 is 0.711 bits per heavy atom. The van der Waals surface area contributed by atoms with E-state index >= 15 is 0 Å². The van der Waals surface area contributed by atoms with Crippen molar-refractivity contribution in [3.8, 4) is 0 Å². The summed E-state index contributed by atoms with van der Waals surface area (Å²) in [4.78, 5) is 107. The number of halogens is 7. The molecule has 0 bridgehead atoms. The molecule has 0 saturated carbocycles. The first-order valence-electron chi connectivity index (χ1n) is 43.5. The maximum absolute atomic E-state index is 13.1. The van der Waals surface area contributed by atoms with Crippen molar-refractivity contribution < 1.29 is 131 Å². The van der Waals surface area contributed by atoms with E-state index in [1.54, 1.807) is 72.8 Å². The quantitative estimate of drug-likeness (QED) is 0.0135. The highest BCUT2D eigenvalue weighted by molar-refractivity contribution is 7.91. The average Bonchev–Trinajstić information content (AvgIpc) is 1.66. The minimum atomic E-state index is -3.80. The van der Waals surface area contributed by atoms with Gasteiger partial charge in [0.15, 0.2) is 9.84 Å². The largest absolute Gasteiger partial charge is 0.416 e. The first-order valence-corrected chi connectivity index (χ1v) is 49.7. The van der Waals surface area contributed by atoms with Gasteiger partial charge >= 0.3 is 24.1 Å². The molecule has 6 amide bonds. The highest BCUT2D eigenvalue weighted by Crippen LogP contribution is 2.43. The van der Waals surface area contributed by atoms with Crippen molar-refractivity contribution in [1.82, 2.24) is 44.9 Å². The molecular weight excluding hydrogens is 1960 g/mol. The molecule has 5 heterocycles. The topological polar surface area (TPSA) is 449 Å². The number of nitrogens with two attached hydrogens (primary N) is 1. The third kappa shape index (κ3) is 37.4. The summed E-state index contributed by atoms with van der Waals surface area (Å²) in [6.07, 6.45) is -1.65. The zero-order valence-electron chi connectivity index (χ0n) is 75.7. The molecule has 0 aliphatic carbocycles. The van der Waals surface area contributed by atoms with Gasteiger partial charge in [-0.2, -0.15) is 0 Å². The molecule has 11 rings (SSSR count). The highest BCUT2D eigenvalue weighted by atomic mass is 35.5. The van der Waals surface area contributed by atoms with E-state index in [4.69, 9.17) is 119 Å². The maximum atomic E-state index is 13.1. The van der Waals surface area contributed by atoms with Crippen LogP contribution in [0, 0.1) is 0 Å². The van der Waals surface area contributed by atoms with Crippen LogP contribution in [0.3, 0.4) is 0 Å². The number of hydrogen-bond acceptors (Lipinski definition) is 31. The van der Waals surface area contributed by atoms with Crippen LogP contribution in [0.1, 0.15) is 101 Å². The van der Waals surface area contributed by atoms with Crippen molar-refractivity contribution in [2.45, 2.75) is 84.2 Å². The van der Waals surface area contributed by atoms with E-state index in [0.29, 0.717) is 124 Å². The number of sulfone groups is 1. The van der Waals surface area contributed by atoms with Crippen molar-refractivity contribution in [2.24, 2.45) is 5.73 Å². The Balaban J connectivity index is 0.000000303. The number of fused-ring (bicyclic) bond motifs is 3. The molecular formula is C88H113Cl6FN10O27S3. The Morgan fingerprint density at radius 1 is 0.415 bits per heavy atom. The van der Waals surface area contributed by atoms with Crippen LogP contribution in [-0.2, 0) is 140 Å². The van der Waals surface area contributed by atoms with Gasteiger partial charge in [-0.05, 0) is 150 Å². The van der Waals surface area contributed by atoms with Crippen LogP contribution in [0.4, 0.5) is 14.0 Å². The number of ether oxygens (including phenoxy) is 11. The molecule has 47 heteroatoms. The molecule has 6 aromatic carbocycles. The summed E-state index contributed by atoms with van der Waals surface area (Å²) in [5.41, 5.74) is 14.0. The van der Waals surface area contributed by atoms with Gasteiger partial charge in [-0.25, -0.2) is 53.9 Å². The number of sulfonamides is 2. The van der Waals surface area contributed by atoms with Gasteiger partial charge in [0.1, 0.15) is 13.2 Å². The second-order valence-corrected chi connectivity index (χ2v) is 38.9. The van der Waals surface area contributed by atoms with Crippen molar-refractivity contribution >= 4 is 147 Å². The van der Waals surface area contributed by atoms with Crippen LogP contribution in [0.5, 0.6) is 0 Å². The zero-order valence-corrected chi connectivity index (χ0v) is 81.7. The smallest absolute Gasteiger partial charge is 0.379 e. The van der Waals surface area contributed by atoms with Gasteiger partial charge in [0.05, 0.1) is 141 Å². The van der Waals surface area contributed by atoms with Crippen LogP contribution < -0.4 is 25.8 Å². The fourth-order valence-corrected chi connectivity index (χ4v) is 19.5. The summed E-state index contributed by atoms with van der Waals surface area (Å²) in [6, 6.07) is 31.9. The minimum absolute atomic E-state index is 0.0147. The molecule has 6 N–H and O–H groups in total. The van der Waals surface area contributed by atoms with E-state index < -0.39 is 98.0 Å². The molecule has 744 valence electrons. The van der Waals surface area contributed by atoms with Crippen LogP contribution >= 0.6 is 69.6 Å². The minimum Gasteiger partial charge on any atom is -0.379 e. The normalized spacial score (nSPS) is 16.4. The molecule has 2 fully saturated rings. The Labute approximate surface area is 815 Å². The maximum Gasteiger partial charge on any atom is 0.416 e. The van der Waals surface area contributed by atoms with Crippen molar-refractivity contribution in [1.29, 1.82) is 0 Å². The molecule has 0 spiro atoms. The predicted molar refractivity (Wildman–Crippen MR) is 497 cm³/mol.